The quantitative estimate of drug-likeness (QED) is 0.575. The summed E-state index contributed by atoms with van der Waals surface area (Å²) in [4.78, 5) is 12.4. The van der Waals surface area contributed by atoms with E-state index in [0.29, 0.717) is 0 Å². The highest BCUT2D eigenvalue weighted by atomic mass is 16.1. The first-order valence-electron chi connectivity index (χ1n) is 3.09. The third kappa shape index (κ3) is 2.46. The van der Waals surface area contributed by atoms with Crippen LogP contribution in [0.5, 0.6) is 0 Å². The van der Waals surface area contributed by atoms with Crippen molar-refractivity contribution in [2.45, 2.75) is 19.9 Å². The van der Waals surface area contributed by atoms with Gasteiger partial charge in [0.15, 0.2) is 0 Å². The van der Waals surface area contributed by atoms with Gasteiger partial charge in [-0.25, -0.2) is 0 Å². The van der Waals surface area contributed by atoms with E-state index < -0.39 is 0 Å². The van der Waals surface area contributed by atoms with Gasteiger partial charge in [0.2, 0.25) is 5.91 Å². The second-order valence-electron chi connectivity index (χ2n) is 2.15. The molecule has 2 N–H and O–H groups in total. The Morgan fingerprint density at radius 3 is 2.33 bits per heavy atom. The van der Waals surface area contributed by atoms with Crippen LogP contribution < -0.4 is 5.73 Å². The van der Waals surface area contributed by atoms with Gasteiger partial charge in [0.1, 0.15) is 0 Å². The highest BCUT2D eigenvalue weighted by Crippen LogP contribution is 1.91. The zero-order valence-electron chi connectivity index (χ0n) is 6.22. The summed E-state index contributed by atoms with van der Waals surface area (Å²) in [5.41, 5.74) is 5.03. The van der Waals surface area contributed by atoms with Gasteiger partial charge in [0, 0.05) is 0 Å². The monoisotopic (exact) mass is 130 g/mol. The third-order valence-corrected chi connectivity index (χ3v) is 1.57. The van der Waals surface area contributed by atoms with Gasteiger partial charge in [-0.2, -0.15) is 0 Å². The van der Waals surface area contributed by atoms with E-state index in [9.17, 15) is 4.79 Å². The minimum Gasteiger partial charge on any atom is -0.368 e. The summed E-state index contributed by atoms with van der Waals surface area (Å²) in [7, 11) is 1.87. The lowest BCUT2D eigenvalue weighted by molar-refractivity contribution is -0.122. The molecule has 0 aliphatic carbocycles. The fourth-order valence-corrected chi connectivity index (χ4v) is 0.491. The molecule has 0 aliphatic rings. The second kappa shape index (κ2) is 3.45. The molecule has 0 saturated carbocycles. The molecule has 0 aromatic rings. The molecule has 0 aromatic heterocycles. The Labute approximate surface area is 55.8 Å². The summed E-state index contributed by atoms with van der Waals surface area (Å²) in [5.74, 6) is -0.264. The molecular weight excluding hydrogens is 116 g/mol. The van der Waals surface area contributed by atoms with Crippen LogP contribution in [0, 0.1) is 0 Å². The SMILES string of the molecule is CCN(C)C(C)C(N)=O. The second-order valence-corrected chi connectivity index (χ2v) is 2.15. The lowest BCUT2D eigenvalue weighted by Crippen LogP contribution is -2.39. The van der Waals surface area contributed by atoms with Crippen LogP contribution in [0.3, 0.4) is 0 Å². The molecule has 1 amide bonds. The number of likely N-dealkylation sites (N-methyl/N-ethyl adjacent to an activating group) is 1. The number of nitrogens with zero attached hydrogens (tertiary/aromatic N) is 1. The average Bonchev–Trinajstić information content (AvgIpc) is 1.84. The minimum atomic E-state index is -0.264. The van der Waals surface area contributed by atoms with Crippen molar-refractivity contribution in [3.05, 3.63) is 0 Å². The van der Waals surface area contributed by atoms with E-state index in [1.54, 1.807) is 6.92 Å². The molecule has 0 spiro atoms. The number of amides is 1. The molecule has 0 aliphatic heterocycles. The fourth-order valence-electron chi connectivity index (χ4n) is 0.491. The van der Waals surface area contributed by atoms with Crippen molar-refractivity contribution in [3.8, 4) is 0 Å². The van der Waals surface area contributed by atoms with E-state index in [0.717, 1.165) is 6.54 Å². The molecule has 3 nitrogen and oxygen atoms in total. The molecule has 1 atom stereocenters. The standard InChI is InChI=1S/C6H14N2O/c1-4-8(3)5(2)6(7)9/h5H,4H2,1-3H3,(H2,7,9). The molecule has 3 heteroatoms. The smallest absolute Gasteiger partial charge is 0.234 e. The highest BCUT2D eigenvalue weighted by molar-refractivity contribution is 5.79. The van der Waals surface area contributed by atoms with Crippen LogP contribution in [0.2, 0.25) is 0 Å². The van der Waals surface area contributed by atoms with Crippen LogP contribution in [-0.2, 0) is 4.79 Å². The van der Waals surface area contributed by atoms with Crippen molar-refractivity contribution in [3.63, 3.8) is 0 Å². The number of primary amides is 1. The summed E-state index contributed by atoms with van der Waals surface area (Å²) in [6.45, 7) is 4.63. The van der Waals surface area contributed by atoms with Crippen LogP contribution in [0.4, 0.5) is 0 Å². The normalized spacial score (nSPS) is 13.8. The van der Waals surface area contributed by atoms with E-state index >= 15 is 0 Å². The summed E-state index contributed by atoms with van der Waals surface area (Å²) >= 11 is 0. The molecule has 0 saturated heterocycles. The lowest BCUT2D eigenvalue weighted by Gasteiger charge is -2.18. The van der Waals surface area contributed by atoms with E-state index in [2.05, 4.69) is 0 Å². The zero-order valence-corrected chi connectivity index (χ0v) is 6.22. The van der Waals surface area contributed by atoms with Gasteiger partial charge >= 0.3 is 0 Å². The molecule has 9 heavy (non-hydrogen) atoms. The van der Waals surface area contributed by atoms with Crippen LogP contribution in [0.25, 0.3) is 0 Å². The van der Waals surface area contributed by atoms with Crippen molar-refractivity contribution in [2.24, 2.45) is 5.73 Å². The Kier molecular flexibility index (Phi) is 3.24. The van der Waals surface area contributed by atoms with Gasteiger partial charge in [-0.05, 0) is 20.5 Å². The van der Waals surface area contributed by atoms with Gasteiger partial charge in [0.25, 0.3) is 0 Å². The molecule has 0 rings (SSSR count). The Morgan fingerprint density at radius 2 is 2.22 bits per heavy atom. The van der Waals surface area contributed by atoms with Crippen molar-refractivity contribution in [1.82, 2.24) is 4.90 Å². The predicted octanol–water partition coefficient (Wildman–Crippen LogP) is -0.188. The molecular formula is C6H14N2O. The summed E-state index contributed by atoms with van der Waals surface area (Å²) in [6.07, 6.45) is 0. The Bertz CT molecular complexity index is 103. The first-order chi connectivity index (χ1) is 4.09. The van der Waals surface area contributed by atoms with Crippen LogP contribution in [-0.4, -0.2) is 30.4 Å². The fraction of sp³-hybridized carbons (Fsp3) is 0.833. The summed E-state index contributed by atoms with van der Waals surface area (Å²) in [5, 5.41) is 0. The average molecular weight is 130 g/mol. The summed E-state index contributed by atoms with van der Waals surface area (Å²) in [6, 6.07) is -0.144. The lowest BCUT2D eigenvalue weighted by atomic mass is 10.3. The first kappa shape index (κ1) is 8.43. The number of rotatable bonds is 3. The van der Waals surface area contributed by atoms with E-state index in [4.69, 9.17) is 5.73 Å². The Morgan fingerprint density at radius 1 is 1.78 bits per heavy atom. The van der Waals surface area contributed by atoms with Gasteiger partial charge < -0.3 is 5.73 Å². The maximum atomic E-state index is 10.5. The third-order valence-electron chi connectivity index (χ3n) is 1.57. The van der Waals surface area contributed by atoms with Crippen molar-refractivity contribution in [2.75, 3.05) is 13.6 Å². The maximum Gasteiger partial charge on any atom is 0.234 e. The molecule has 0 fully saturated rings. The Balaban J connectivity index is 3.72. The number of carbonyl (C=O) groups excluding carboxylic acids is 1. The molecule has 1 unspecified atom stereocenters. The Hall–Kier alpha value is -0.570. The highest BCUT2D eigenvalue weighted by Gasteiger charge is 2.11. The van der Waals surface area contributed by atoms with Crippen molar-refractivity contribution in [1.29, 1.82) is 0 Å². The van der Waals surface area contributed by atoms with Gasteiger partial charge in [0.05, 0.1) is 6.04 Å². The van der Waals surface area contributed by atoms with Gasteiger partial charge in [-0.15, -0.1) is 0 Å². The number of carbonyl (C=O) groups is 1. The molecule has 0 aromatic carbocycles. The largest absolute Gasteiger partial charge is 0.368 e. The maximum absolute atomic E-state index is 10.5. The predicted molar refractivity (Wildman–Crippen MR) is 37.0 cm³/mol. The number of hydrogen-bond acceptors (Lipinski definition) is 2. The summed E-state index contributed by atoms with van der Waals surface area (Å²) < 4.78 is 0. The molecule has 0 radical (unpaired) electrons. The van der Waals surface area contributed by atoms with Crippen molar-refractivity contribution >= 4 is 5.91 Å². The van der Waals surface area contributed by atoms with Crippen LogP contribution in [0.15, 0.2) is 0 Å². The number of hydrogen-bond donors (Lipinski definition) is 1. The minimum absolute atomic E-state index is 0.144. The zero-order chi connectivity index (χ0) is 7.44. The van der Waals surface area contributed by atoms with E-state index in [1.165, 1.54) is 0 Å². The van der Waals surface area contributed by atoms with E-state index in [1.807, 2.05) is 18.9 Å². The number of nitrogens with two attached hydrogens (primary N) is 1. The van der Waals surface area contributed by atoms with Crippen LogP contribution in [0.1, 0.15) is 13.8 Å². The molecule has 0 heterocycles. The first-order valence-corrected chi connectivity index (χ1v) is 3.09. The van der Waals surface area contributed by atoms with Gasteiger partial charge in [-0.1, -0.05) is 6.92 Å². The molecule has 54 valence electrons. The van der Waals surface area contributed by atoms with Gasteiger partial charge in [-0.3, -0.25) is 9.69 Å². The topological polar surface area (TPSA) is 46.3 Å². The van der Waals surface area contributed by atoms with Crippen LogP contribution >= 0.6 is 0 Å². The molecule has 0 bridgehead atoms. The van der Waals surface area contributed by atoms with Crippen molar-refractivity contribution < 1.29 is 4.79 Å². The van der Waals surface area contributed by atoms with E-state index in [-0.39, 0.29) is 11.9 Å².